The zero-order valence-electron chi connectivity index (χ0n) is 17.6. The number of carbonyl (C=O) groups excluding carboxylic acids is 2. The minimum Gasteiger partial charge on any atom is -0.349 e. The van der Waals surface area contributed by atoms with Crippen LogP contribution in [-0.2, 0) is 21.2 Å². The number of nitrogens with zero attached hydrogens (tertiary/aromatic N) is 1. The van der Waals surface area contributed by atoms with Crippen LogP contribution in [0.1, 0.15) is 54.4 Å². The van der Waals surface area contributed by atoms with Gasteiger partial charge in [0, 0.05) is 29.4 Å². The van der Waals surface area contributed by atoms with Gasteiger partial charge in [-0.05, 0) is 81.3 Å². The maximum Gasteiger partial charge on any atom is 0.251 e. The third-order valence-electron chi connectivity index (χ3n) is 7.16. The predicted molar refractivity (Wildman–Crippen MR) is 117 cm³/mol. The topological polar surface area (TPSA) is 108 Å². The van der Waals surface area contributed by atoms with Crippen LogP contribution in [-0.4, -0.2) is 61.5 Å². The van der Waals surface area contributed by atoms with Gasteiger partial charge in [0.25, 0.3) is 5.91 Å². The Hall–Kier alpha value is -1.97. The van der Waals surface area contributed by atoms with Crippen LogP contribution in [0.25, 0.3) is 0 Å². The van der Waals surface area contributed by atoms with Gasteiger partial charge in [-0.3, -0.25) is 9.59 Å². The number of hydrogen-bond donors (Lipinski definition) is 3. The van der Waals surface area contributed by atoms with E-state index in [0.29, 0.717) is 24.8 Å². The molecule has 0 saturated carbocycles. The van der Waals surface area contributed by atoms with E-state index in [4.69, 9.17) is 0 Å². The zero-order chi connectivity index (χ0) is 21.6. The van der Waals surface area contributed by atoms with Crippen molar-refractivity contribution in [2.24, 2.45) is 5.92 Å². The van der Waals surface area contributed by atoms with Crippen molar-refractivity contribution >= 4 is 27.5 Å². The number of rotatable bonds is 5. The van der Waals surface area contributed by atoms with Gasteiger partial charge < -0.3 is 16.0 Å². The lowest BCUT2D eigenvalue weighted by molar-refractivity contribution is -0.115. The van der Waals surface area contributed by atoms with Gasteiger partial charge in [-0.15, -0.1) is 0 Å². The molecule has 0 aliphatic carbocycles. The normalized spacial score (nSPS) is 30.6. The van der Waals surface area contributed by atoms with E-state index in [9.17, 15) is 18.0 Å². The summed E-state index contributed by atoms with van der Waals surface area (Å²) >= 11 is 0. The molecule has 9 heteroatoms. The molecular weight excluding hydrogens is 416 g/mol. The lowest BCUT2D eigenvalue weighted by atomic mass is 9.99. The third-order valence-corrected chi connectivity index (χ3v) is 9.29. The highest BCUT2D eigenvalue weighted by Gasteiger charge is 2.47. The molecular formula is C22H30N4O4S. The second-order valence-electron chi connectivity index (χ2n) is 9.44. The molecule has 4 aliphatic heterocycles. The van der Waals surface area contributed by atoms with Crippen LogP contribution in [0.2, 0.25) is 0 Å². The number of hydrogen-bond acceptors (Lipinski definition) is 5. The van der Waals surface area contributed by atoms with Gasteiger partial charge in [0.1, 0.15) is 0 Å². The summed E-state index contributed by atoms with van der Waals surface area (Å²) in [5.41, 5.74) is 2.16. The van der Waals surface area contributed by atoms with Crippen LogP contribution in [0.3, 0.4) is 0 Å². The van der Waals surface area contributed by atoms with Crippen LogP contribution < -0.4 is 16.0 Å². The van der Waals surface area contributed by atoms with Gasteiger partial charge in [-0.2, -0.15) is 4.31 Å². The fourth-order valence-electron chi connectivity index (χ4n) is 5.80. The minimum absolute atomic E-state index is 0.0209. The first-order valence-electron chi connectivity index (χ1n) is 11.3. The van der Waals surface area contributed by atoms with Crippen molar-refractivity contribution < 1.29 is 18.0 Å². The van der Waals surface area contributed by atoms with E-state index in [-0.39, 0.29) is 41.6 Å². The number of nitrogens with one attached hydrogen (secondary N) is 3. The number of piperidine rings is 2. The van der Waals surface area contributed by atoms with Crippen LogP contribution in [0.5, 0.6) is 0 Å². The standard InChI is InChI=1S/C22H30N4O4S/c27-21-9-16-8-15(3-6-20(16)25-21)22(28)24-17-10-18-4-5-19(11-17)26(18)31(29,30)13-14-2-1-7-23-12-14/h3,6,8,14,17-19,23H,1-2,4-5,7,9-13H2,(H,24,28)(H,25,27)/t14?,17-,18-,19+. The number of anilines is 1. The Balaban J connectivity index is 1.22. The molecule has 4 aliphatic rings. The Morgan fingerprint density at radius 1 is 1.16 bits per heavy atom. The van der Waals surface area contributed by atoms with E-state index < -0.39 is 10.0 Å². The van der Waals surface area contributed by atoms with Crippen molar-refractivity contribution in [3.05, 3.63) is 29.3 Å². The largest absolute Gasteiger partial charge is 0.349 e. The summed E-state index contributed by atoms with van der Waals surface area (Å²) in [4.78, 5) is 24.4. The molecule has 4 atom stereocenters. The predicted octanol–water partition coefficient (Wildman–Crippen LogP) is 1.24. The fraction of sp³-hybridized carbons (Fsp3) is 0.636. The highest BCUT2D eigenvalue weighted by molar-refractivity contribution is 7.89. The highest BCUT2D eigenvalue weighted by Crippen LogP contribution is 2.39. The SMILES string of the molecule is O=C1Cc2cc(C(=O)N[C@@H]3C[C@H]4CC[C@@H](C3)N4S(=O)(=O)CC3CCCNC3)ccc2N1. The molecule has 0 radical (unpaired) electrons. The van der Waals surface area contributed by atoms with Crippen LogP contribution >= 0.6 is 0 Å². The summed E-state index contributed by atoms with van der Waals surface area (Å²) in [6, 6.07) is 5.20. The highest BCUT2D eigenvalue weighted by atomic mass is 32.2. The molecule has 2 bridgehead atoms. The summed E-state index contributed by atoms with van der Waals surface area (Å²) in [7, 11) is -3.29. The summed E-state index contributed by atoms with van der Waals surface area (Å²) in [6.07, 6.45) is 5.36. The van der Waals surface area contributed by atoms with E-state index >= 15 is 0 Å². The molecule has 2 amide bonds. The summed E-state index contributed by atoms with van der Waals surface area (Å²) in [5, 5.41) is 9.20. The number of sulfonamides is 1. The van der Waals surface area contributed by atoms with Crippen molar-refractivity contribution in [3.8, 4) is 0 Å². The van der Waals surface area contributed by atoms with Gasteiger partial charge in [0.05, 0.1) is 12.2 Å². The molecule has 1 aromatic rings. The monoisotopic (exact) mass is 446 g/mol. The van der Waals surface area contributed by atoms with Gasteiger partial charge in [0.15, 0.2) is 0 Å². The van der Waals surface area contributed by atoms with Gasteiger partial charge >= 0.3 is 0 Å². The third kappa shape index (κ3) is 4.23. The van der Waals surface area contributed by atoms with Crippen molar-refractivity contribution in [1.29, 1.82) is 0 Å². The van der Waals surface area contributed by atoms with E-state index in [0.717, 1.165) is 50.0 Å². The molecule has 1 aromatic carbocycles. The van der Waals surface area contributed by atoms with Crippen LogP contribution in [0.4, 0.5) is 5.69 Å². The maximum absolute atomic E-state index is 13.2. The molecule has 168 valence electrons. The number of carbonyl (C=O) groups is 2. The first-order valence-corrected chi connectivity index (χ1v) is 13.0. The summed E-state index contributed by atoms with van der Waals surface area (Å²) in [5.74, 6) is 0.209. The molecule has 31 heavy (non-hydrogen) atoms. The van der Waals surface area contributed by atoms with Crippen LogP contribution in [0, 0.1) is 5.92 Å². The van der Waals surface area contributed by atoms with E-state index in [1.165, 1.54) is 0 Å². The maximum atomic E-state index is 13.2. The van der Waals surface area contributed by atoms with E-state index in [1.54, 1.807) is 22.5 Å². The molecule has 0 spiro atoms. The molecule has 5 rings (SSSR count). The number of benzene rings is 1. The molecule has 0 aromatic heterocycles. The molecule has 4 heterocycles. The Labute approximate surface area is 183 Å². The van der Waals surface area contributed by atoms with Gasteiger partial charge in [-0.1, -0.05) is 0 Å². The molecule has 1 unspecified atom stereocenters. The molecule has 8 nitrogen and oxygen atoms in total. The van der Waals surface area contributed by atoms with E-state index in [2.05, 4.69) is 16.0 Å². The summed E-state index contributed by atoms with van der Waals surface area (Å²) in [6.45, 7) is 1.76. The minimum atomic E-state index is -3.29. The molecule has 3 fully saturated rings. The first-order chi connectivity index (χ1) is 14.9. The number of amides is 2. The van der Waals surface area contributed by atoms with E-state index in [1.807, 2.05) is 0 Å². The first kappa shape index (κ1) is 20.9. The van der Waals surface area contributed by atoms with Gasteiger partial charge in [-0.25, -0.2) is 8.42 Å². The Kier molecular flexibility index (Phi) is 5.52. The Morgan fingerprint density at radius 2 is 1.94 bits per heavy atom. The zero-order valence-corrected chi connectivity index (χ0v) is 18.4. The molecule has 3 N–H and O–H groups in total. The quantitative estimate of drug-likeness (QED) is 0.631. The average molecular weight is 447 g/mol. The Bertz CT molecular complexity index is 975. The van der Waals surface area contributed by atoms with Crippen LogP contribution in [0.15, 0.2) is 18.2 Å². The fourth-order valence-corrected chi connectivity index (χ4v) is 8.14. The van der Waals surface area contributed by atoms with Crippen molar-refractivity contribution in [2.75, 3.05) is 24.2 Å². The summed E-state index contributed by atoms with van der Waals surface area (Å²) < 4.78 is 28.1. The average Bonchev–Trinajstić information content (AvgIpc) is 3.24. The second-order valence-corrected chi connectivity index (χ2v) is 11.4. The second kappa shape index (κ2) is 8.18. The van der Waals surface area contributed by atoms with Crippen molar-refractivity contribution in [3.63, 3.8) is 0 Å². The molecule has 3 saturated heterocycles. The lowest BCUT2D eigenvalue weighted by Crippen LogP contribution is -2.53. The lowest BCUT2D eigenvalue weighted by Gasteiger charge is -2.39. The van der Waals surface area contributed by atoms with Crippen molar-refractivity contribution in [2.45, 2.75) is 63.1 Å². The van der Waals surface area contributed by atoms with Crippen molar-refractivity contribution in [1.82, 2.24) is 14.9 Å². The smallest absolute Gasteiger partial charge is 0.251 e. The Morgan fingerprint density at radius 3 is 2.65 bits per heavy atom. The number of fused-ring (bicyclic) bond motifs is 3. The van der Waals surface area contributed by atoms with Gasteiger partial charge in [0.2, 0.25) is 15.9 Å².